The third-order valence-electron chi connectivity index (χ3n) is 2.87. The van der Waals surface area contributed by atoms with Gasteiger partial charge in [-0.05, 0) is 12.5 Å². The minimum Gasteiger partial charge on any atom is -0.382 e. The molecule has 0 saturated carbocycles. The van der Waals surface area contributed by atoms with Gasteiger partial charge in [-0.15, -0.1) is 0 Å². The predicted molar refractivity (Wildman–Crippen MR) is 73.8 cm³/mol. The number of benzene rings is 1. The van der Waals surface area contributed by atoms with Crippen LogP contribution in [0.3, 0.4) is 0 Å². The number of allylic oxidation sites excluding steroid dienone is 2. The number of hydrogen-bond donors (Lipinski definition) is 1. The molecule has 4 heteroatoms. The lowest BCUT2D eigenvalue weighted by atomic mass is 9.92. The van der Waals surface area contributed by atoms with E-state index in [-0.39, 0.29) is 11.6 Å². The van der Waals surface area contributed by atoms with Gasteiger partial charge < -0.3 is 5.32 Å². The zero-order valence-corrected chi connectivity index (χ0v) is 11.7. The summed E-state index contributed by atoms with van der Waals surface area (Å²) in [4.78, 5) is 24.2. The Morgan fingerprint density at radius 1 is 1.28 bits per heavy atom. The summed E-state index contributed by atoms with van der Waals surface area (Å²) in [7, 11) is 0. The molecule has 0 bridgehead atoms. The summed E-state index contributed by atoms with van der Waals surface area (Å²) in [6.07, 6.45) is 3.42. The molecule has 1 aliphatic carbocycles. The smallest absolute Gasteiger partial charge is 0.209 e. The molecule has 0 saturated heterocycles. The molecule has 3 nitrogen and oxygen atoms in total. The molecule has 0 fully saturated rings. The molecule has 1 N–H and O–H groups in total. The van der Waals surface area contributed by atoms with Crippen molar-refractivity contribution in [3.8, 4) is 0 Å². The van der Waals surface area contributed by atoms with Crippen LogP contribution in [0, 0.1) is 0 Å². The van der Waals surface area contributed by atoms with E-state index in [0.29, 0.717) is 27.8 Å². The van der Waals surface area contributed by atoms with Crippen molar-refractivity contribution in [2.24, 2.45) is 0 Å². The van der Waals surface area contributed by atoms with E-state index >= 15 is 0 Å². The number of hydrogen-bond acceptors (Lipinski definition) is 3. The van der Waals surface area contributed by atoms with E-state index < -0.39 is 0 Å². The Morgan fingerprint density at radius 2 is 2.06 bits per heavy atom. The first-order valence-electron chi connectivity index (χ1n) is 5.98. The summed E-state index contributed by atoms with van der Waals surface area (Å²) in [5.41, 5.74) is 1.33. The van der Waals surface area contributed by atoms with Gasteiger partial charge in [0.05, 0.1) is 5.70 Å². The minimum atomic E-state index is -0.129. The molecule has 1 aromatic carbocycles. The molecule has 0 unspecified atom stereocenters. The highest BCUT2D eigenvalue weighted by Gasteiger charge is 2.26. The monoisotopic (exact) mass is 307 g/mol. The van der Waals surface area contributed by atoms with E-state index in [1.54, 1.807) is 18.2 Å². The average molecular weight is 308 g/mol. The number of rotatable bonds is 4. The first-order valence-corrected chi connectivity index (χ1v) is 6.77. The number of fused-ring (bicyclic) bond motifs is 1. The molecule has 0 radical (unpaired) electrons. The fourth-order valence-electron chi connectivity index (χ4n) is 1.91. The topological polar surface area (TPSA) is 46.2 Å². The number of halogens is 1. The van der Waals surface area contributed by atoms with Gasteiger partial charge in [0, 0.05) is 28.2 Å². The fraction of sp³-hybridized carbons (Fsp3) is 0.286. The number of Topliss-reactive ketones (excluding diaryl/α,β-unsaturated/α-hetero) is 1. The van der Waals surface area contributed by atoms with E-state index in [2.05, 4.69) is 28.2 Å². The largest absolute Gasteiger partial charge is 0.382 e. The molecule has 0 atom stereocenters. The molecular weight excluding hydrogens is 294 g/mol. The van der Waals surface area contributed by atoms with Crippen LogP contribution in [0.15, 0.2) is 34.4 Å². The Balaban J connectivity index is 2.30. The van der Waals surface area contributed by atoms with Crippen molar-refractivity contribution in [1.29, 1.82) is 0 Å². The van der Waals surface area contributed by atoms with Crippen molar-refractivity contribution >= 4 is 27.5 Å². The average Bonchev–Trinajstić information content (AvgIpc) is 2.35. The summed E-state index contributed by atoms with van der Waals surface area (Å²) < 4.78 is 0.669. The molecule has 0 heterocycles. The maximum absolute atomic E-state index is 12.2. The van der Waals surface area contributed by atoms with E-state index in [0.717, 1.165) is 12.8 Å². The second-order valence-electron chi connectivity index (χ2n) is 4.19. The van der Waals surface area contributed by atoms with E-state index in [1.807, 2.05) is 0 Å². The van der Waals surface area contributed by atoms with Crippen LogP contribution in [-0.4, -0.2) is 18.1 Å². The number of nitrogens with one attached hydrogen (secondary N) is 1. The Bertz CT molecular complexity index is 535. The van der Waals surface area contributed by atoms with Gasteiger partial charge in [0.15, 0.2) is 5.78 Å². The molecule has 18 heavy (non-hydrogen) atoms. The van der Waals surface area contributed by atoms with Gasteiger partial charge in [0.1, 0.15) is 0 Å². The lowest BCUT2D eigenvalue weighted by Crippen LogP contribution is -2.27. The van der Waals surface area contributed by atoms with E-state index in [9.17, 15) is 9.59 Å². The van der Waals surface area contributed by atoms with Crippen LogP contribution in [-0.2, 0) is 0 Å². The zero-order valence-electron chi connectivity index (χ0n) is 10.1. The van der Waals surface area contributed by atoms with Crippen molar-refractivity contribution in [3.63, 3.8) is 0 Å². The predicted octanol–water partition coefficient (Wildman–Crippen LogP) is 3.10. The summed E-state index contributed by atoms with van der Waals surface area (Å²) in [5, 5.41) is 3.04. The summed E-state index contributed by atoms with van der Waals surface area (Å²) >= 11 is 3.31. The van der Waals surface area contributed by atoms with Crippen LogP contribution < -0.4 is 5.32 Å². The van der Waals surface area contributed by atoms with Gasteiger partial charge in [-0.3, -0.25) is 9.59 Å². The molecule has 0 aliphatic heterocycles. The standard InChI is InChI=1S/C14H14BrNO2/c1-2-3-7-16-11-8-12(17)13-9(14(11)18)5-4-6-10(13)15/h4-6,8,16H,2-3,7H2,1H3. The van der Waals surface area contributed by atoms with Crippen LogP contribution in [0.2, 0.25) is 0 Å². The molecule has 2 rings (SSSR count). The Kier molecular flexibility index (Phi) is 3.97. The Hall–Kier alpha value is -1.42. The lowest BCUT2D eigenvalue weighted by Gasteiger charge is -2.17. The number of carbonyl (C=O) groups is 2. The van der Waals surface area contributed by atoms with Crippen LogP contribution in [0.25, 0.3) is 0 Å². The van der Waals surface area contributed by atoms with Crippen LogP contribution in [0.1, 0.15) is 40.5 Å². The van der Waals surface area contributed by atoms with Gasteiger partial charge in [-0.2, -0.15) is 0 Å². The minimum absolute atomic E-state index is 0.109. The second-order valence-corrected chi connectivity index (χ2v) is 5.05. The van der Waals surface area contributed by atoms with Crippen molar-refractivity contribution < 1.29 is 9.59 Å². The molecule has 0 aromatic heterocycles. The van der Waals surface area contributed by atoms with Gasteiger partial charge in [0.25, 0.3) is 0 Å². The first kappa shape index (κ1) is 13.0. The fourth-order valence-corrected chi connectivity index (χ4v) is 2.47. The normalized spacial score (nSPS) is 14.2. The summed E-state index contributed by atoms with van der Waals surface area (Å²) in [6.45, 7) is 2.79. The number of carbonyl (C=O) groups excluding carboxylic acids is 2. The summed E-state index contributed by atoms with van der Waals surface area (Å²) in [5.74, 6) is -0.238. The molecule has 0 spiro atoms. The van der Waals surface area contributed by atoms with Gasteiger partial charge in [-0.1, -0.05) is 41.4 Å². The van der Waals surface area contributed by atoms with Crippen molar-refractivity contribution in [2.75, 3.05) is 6.54 Å². The quantitative estimate of drug-likeness (QED) is 0.869. The highest BCUT2D eigenvalue weighted by atomic mass is 79.9. The highest BCUT2D eigenvalue weighted by Crippen LogP contribution is 2.26. The molecular formula is C14H14BrNO2. The van der Waals surface area contributed by atoms with Gasteiger partial charge in [0.2, 0.25) is 5.78 Å². The maximum atomic E-state index is 12.2. The third kappa shape index (κ3) is 2.38. The van der Waals surface area contributed by atoms with Crippen LogP contribution >= 0.6 is 15.9 Å². The molecule has 1 aliphatic rings. The third-order valence-corrected chi connectivity index (χ3v) is 3.53. The lowest BCUT2D eigenvalue weighted by molar-refractivity contribution is 0.0977. The first-order chi connectivity index (χ1) is 8.65. The van der Waals surface area contributed by atoms with Gasteiger partial charge in [-0.25, -0.2) is 0 Å². The Labute approximate surface area is 114 Å². The molecule has 94 valence electrons. The van der Waals surface area contributed by atoms with Crippen molar-refractivity contribution in [2.45, 2.75) is 19.8 Å². The number of unbranched alkanes of at least 4 members (excludes halogenated alkanes) is 1. The molecule has 0 amide bonds. The second kappa shape index (κ2) is 5.48. The number of ketones is 2. The maximum Gasteiger partial charge on any atom is 0.209 e. The van der Waals surface area contributed by atoms with Crippen molar-refractivity contribution in [3.05, 3.63) is 45.6 Å². The van der Waals surface area contributed by atoms with E-state index in [1.165, 1.54) is 6.08 Å². The van der Waals surface area contributed by atoms with E-state index in [4.69, 9.17) is 0 Å². The SMILES string of the molecule is CCCCNC1=CC(=O)c2c(Br)cccc2C1=O. The van der Waals surface area contributed by atoms with Crippen LogP contribution in [0.4, 0.5) is 0 Å². The van der Waals surface area contributed by atoms with Gasteiger partial charge >= 0.3 is 0 Å². The molecule has 1 aromatic rings. The summed E-state index contributed by atoms with van der Waals surface area (Å²) in [6, 6.07) is 5.23. The van der Waals surface area contributed by atoms with Crippen LogP contribution in [0.5, 0.6) is 0 Å². The highest BCUT2D eigenvalue weighted by molar-refractivity contribution is 9.10. The van der Waals surface area contributed by atoms with Crippen molar-refractivity contribution in [1.82, 2.24) is 5.32 Å². The Morgan fingerprint density at radius 3 is 2.78 bits per heavy atom. The zero-order chi connectivity index (χ0) is 13.1.